The van der Waals surface area contributed by atoms with Crippen molar-refractivity contribution in [2.45, 2.75) is 23.4 Å². The van der Waals surface area contributed by atoms with Gasteiger partial charge in [-0.05, 0) is 43.3 Å². The van der Waals surface area contributed by atoms with Crippen molar-refractivity contribution >= 4 is 11.8 Å². The number of pyridine rings is 1. The summed E-state index contributed by atoms with van der Waals surface area (Å²) in [5, 5.41) is 4.01. The first-order chi connectivity index (χ1) is 8.69. The molecule has 0 fully saturated rings. The van der Waals surface area contributed by atoms with Gasteiger partial charge in [-0.15, -0.1) is 0 Å². The monoisotopic (exact) mass is 262 g/mol. The van der Waals surface area contributed by atoms with Crippen molar-refractivity contribution in [1.82, 2.24) is 10.3 Å². The highest BCUT2D eigenvalue weighted by atomic mass is 32.2. The van der Waals surface area contributed by atoms with Crippen LogP contribution in [0.5, 0.6) is 0 Å². The van der Waals surface area contributed by atoms with Gasteiger partial charge in [0.05, 0.1) is 0 Å². The van der Waals surface area contributed by atoms with Crippen LogP contribution in [0, 0.1) is 12.7 Å². The first-order valence-electron chi connectivity index (χ1n) is 5.72. The van der Waals surface area contributed by atoms with Crippen LogP contribution in [0.2, 0.25) is 0 Å². The van der Waals surface area contributed by atoms with Crippen LogP contribution in [0.3, 0.4) is 0 Å². The Morgan fingerprint density at radius 2 is 2.17 bits per heavy atom. The molecule has 1 N–H and O–H groups in total. The predicted octanol–water partition coefficient (Wildman–Crippen LogP) is 3.40. The van der Waals surface area contributed by atoms with Crippen molar-refractivity contribution in [1.29, 1.82) is 0 Å². The molecule has 0 radical (unpaired) electrons. The van der Waals surface area contributed by atoms with Gasteiger partial charge >= 0.3 is 0 Å². The fourth-order valence-corrected chi connectivity index (χ4v) is 2.54. The number of rotatable bonds is 4. The summed E-state index contributed by atoms with van der Waals surface area (Å²) in [7, 11) is 1.91. The molecule has 0 saturated carbocycles. The highest BCUT2D eigenvalue weighted by Gasteiger charge is 2.04. The maximum atomic E-state index is 13.1. The van der Waals surface area contributed by atoms with Crippen molar-refractivity contribution in [2.75, 3.05) is 7.05 Å². The van der Waals surface area contributed by atoms with E-state index in [9.17, 15) is 4.39 Å². The molecule has 0 aliphatic rings. The molecular weight excluding hydrogens is 247 g/mol. The molecule has 2 rings (SSSR count). The molecule has 2 nitrogen and oxygen atoms in total. The Morgan fingerprint density at radius 3 is 2.83 bits per heavy atom. The Hall–Kier alpha value is -1.39. The van der Waals surface area contributed by atoms with E-state index in [0.717, 1.165) is 27.6 Å². The first-order valence-corrected chi connectivity index (χ1v) is 6.54. The van der Waals surface area contributed by atoms with E-state index >= 15 is 0 Å². The Balaban J connectivity index is 2.19. The second-order valence-corrected chi connectivity index (χ2v) is 5.12. The molecule has 2 aromatic rings. The zero-order valence-corrected chi connectivity index (χ0v) is 11.2. The molecule has 1 heterocycles. The van der Waals surface area contributed by atoms with E-state index in [1.54, 1.807) is 6.07 Å². The standard InChI is InChI=1S/C14H15FN2S/c1-10-6-11(8-16-2)9-17-14(10)18-13-5-3-4-12(15)7-13/h3-7,9,16H,8H2,1-2H3. The topological polar surface area (TPSA) is 24.9 Å². The number of hydrogen-bond donors (Lipinski definition) is 1. The van der Waals surface area contributed by atoms with Crippen molar-refractivity contribution in [3.8, 4) is 0 Å². The Morgan fingerprint density at radius 1 is 1.33 bits per heavy atom. The molecule has 0 atom stereocenters. The molecule has 0 spiro atoms. The second kappa shape index (κ2) is 5.98. The van der Waals surface area contributed by atoms with E-state index in [1.165, 1.54) is 23.9 Å². The van der Waals surface area contributed by atoms with Gasteiger partial charge in [-0.25, -0.2) is 9.37 Å². The molecule has 1 aromatic carbocycles. The Labute approximate surface area is 111 Å². The lowest BCUT2D eigenvalue weighted by atomic mass is 10.2. The summed E-state index contributed by atoms with van der Waals surface area (Å²) in [6.07, 6.45) is 1.85. The number of halogens is 1. The lowest BCUT2D eigenvalue weighted by Crippen LogP contribution is -2.05. The number of nitrogens with zero attached hydrogens (tertiary/aromatic N) is 1. The summed E-state index contributed by atoms with van der Waals surface area (Å²) in [4.78, 5) is 5.29. The average molecular weight is 262 g/mol. The number of aryl methyl sites for hydroxylation is 1. The number of hydrogen-bond acceptors (Lipinski definition) is 3. The summed E-state index contributed by atoms with van der Waals surface area (Å²) < 4.78 is 13.1. The Kier molecular flexibility index (Phi) is 4.33. The maximum Gasteiger partial charge on any atom is 0.124 e. The largest absolute Gasteiger partial charge is 0.316 e. The van der Waals surface area contributed by atoms with E-state index in [1.807, 2.05) is 26.2 Å². The van der Waals surface area contributed by atoms with Crippen molar-refractivity contribution in [3.05, 3.63) is 53.5 Å². The van der Waals surface area contributed by atoms with Gasteiger partial charge in [0, 0.05) is 17.6 Å². The van der Waals surface area contributed by atoms with E-state index in [2.05, 4.69) is 16.4 Å². The first kappa shape index (κ1) is 13.1. The smallest absolute Gasteiger partial charge is 0.124 e. The molecule has 0 bridgehead atoms. The molecule has 0 unspecified atom stereocenters. The molecule has 1 aromatic heterocycles. The zero-order chi connectivity index (χ0) is 13.0. The summed E-state index contributed by atoms with van der Waals surface area (Å²) >= 11 is 1.48. The summed E-state index contributed by atoms with van der Waals surface area (Å²) in [5.74, 6) is -0.218. The fraction of sp³-hybridized carbons (Fsp3) is 0.214. The molecule has 0 aliphatic carbocycles. The third-order valence-electron chi connectivity index (χ3n) is 2.48. The van der Waals surface area contributed by atoms with Gasteiger partial charge in [0.2, 0.25) is 0 Å². The average Bonchev–Trinajstić information content (AvgIpc) is 2.33. The molecule has 0 saturated heterocycles. The molecule has 4 heteroatoms. The van der Waals surface area contributed by atoms with Crippen LogP contribution in [0.4, 0.5) is 4.39 Å². The van der Waals surface area contributed by atoms with Crippen molar-refractivity contribution < 1.29 is 4.39 Å². The molecule has 0 aliphatic heterocycles. The quantitative estimate of drug-likeness (QED) is 0.914. The highest BCUT2D eigenvalue weighted by molar-refractivity contribution is 7.99. The van der Waals surface area contributed by atoms with Gasteiger partial charge in [-0.2, -0.15) is 0 Å². The Bertz CT molecular complexity index is 543. The normalized spacial score (nSPS) is 10.6. The van der Waals surface area contributed by atoms with Crippen LogP contribution < -0.4 is 5.32 Å². The van der Waals surface area contributed by atoms with Gasteiger partial charge in [0.25, 0.3) is 0 Å². The van der Waals surface area contributed by atoms with Gasteiger partial charge in [-0.1, -0.05) is 23.9 Å². The SMILES string of the molecule is CNCc1cnc(Sc2cccc(F)c2)c(C)c1. The third kappa shape index (κ3) is 3.31. The summed E-state index contributed by atoms with van der Waals surface area (Å²) in [6.45, 7) is 2.83. The van der Waals surface area contributed by atoms with E-state index in [0.29, 0.717) is 0 Å². The highest BCUT2D eigenvalue weighted by Crippen LogP contribution is 2.29. The maximum absolute atomic E-state index is 13.1. The van der Waals surface area contributed by atoms with Gasteiger partial charge in [0.1, 0.15) is 10.8 Å². The van der Waals surface area contributed by atoms with Gasteiger partial charge < -0.3 is 5.32 Å². The van der Waals surface area contributed by atoms with Crippen molar-refractivity contribution in [2.24, 2.45) is 0 Å². The van der Waals surface area contributed by atoms with Crippen molar-refractivity contribution in [3.63, 3.8) is 0 Å². The minimum absolute atomic E-state index is 0.218. The lowest BCUT2D eigenvalue weighted by Gasteiger charge is -2.07. The summed E-state index contributed by atoms with van der Waals surface area (Å²) in [5.41, 5.74) is 2.26. The second-order valence-electron chi connectivity index (χ2n) is 4.06. The van der Waals surface area contributed by atoms with E-state index in [-0.39, 0.29) is 5.82 Å². The van der Waals surface area contributed by atoms with Crippen LogP contribution >= 0.6 is 11.8 Å². The van der Waals surface area contributed by atoms with Crippen LogP contribution in [0.25, 0.3) is 0 Å². The van der Waals surface area contributed by atoms with E-state index in [4.69, 9.17) is 0 Å². The fourth-order valence-electron chi connectivity index (χ4n) is 1.67. The van der Waals surface area contributed by atoms with Gasteiger partial charge in [0.15, 0.2) is 0 Å². The molecule has 94 valence electrons. The molecule has 18 heavy (non-hydrogen) atoms. The zero-order valence-electron chi connectivity index (χ0n) is 10.4. The number of aromatic nitrogens is 1. The minimum Gasteiger partial charge on any atom is -0.316 e. The lowest BCUT2D eigenvalue weighted by molar-refractivity contribution is 0.624. The summed E-state index contributed by atoms with van der Waals surface area (Å²) in [6, 6.07) is 8.66. The minimum atomic E-state index is -0.218. The van der Waals surface area contributed by atoms with Crippen LogP contribution in [-0.2, 0) is 6.54 Å². The predicted molar refractivity (Wildman–Crippen MR) is 72.3 cm³/mol. The van der Waals surface area contributed by atoms with Crippen LogP contribution in [-0.4, -0.2) is 12.0 Å². The molecular formula is C14H15FN2S. The molecule has 0 amide bonds. The van der Waals surface area contributed by atoms with E-state index < -0.39 is 0 Å². The van der Waals surface area contributed by atoms with Gasteiger partial charge in [-0.3, -0.25) is 0 Å². The number of benzene rings is 1. The number of nitrogens with one attached hydrogen (secondary N) is 1. The third-order valence-corrected chi connectivity index (χ3v) is 3.59. The van der Waals surface area contributed by atoms with Crippen LogP contribution in [0.1, 0.15) is 11.1 Å². The van der Waals surface area contributed by atoms with Crippen LogP contribution in [0.15, 0.2) is 46.5 Å².